The zero-order valence-corrected chi connectivity index (χ0v) is 18.2. The Bertz CT molecular complexity index is 1060. The van der Waals surface area contributed by atoms with E-state index in [0.29, 0.717) is 60.7 Å². The van der Waals surface area contributed by atoms with Gasteiger partial charge in [-0.05, 0) is 41.3 Å². The lowest BCUT2D eigenvalue weighted by Gasteiger charge is -2.44. The van der Waals surface area contributed by atoms with Gasteiger partial charge in [-0.25, -0.2) is 0 Å². The maximum Gasteiger partial charge on any atom is 0.253 e. The van der Waals surface area contributed by atoms with Crippen molar-refractivity contribution in [3.05, 3.63) is 53.1 Å². The van der Waals surface area contributed by atoms with Crippen LogP contribution in [-0.4, -0.2) is 42.1 Å². The Morgan fingerprint density at radius 2 is 1.68 bits per heavy atom. The Hall–Kier alpha value is -3.02. The lowest BCUT2D eigenvalue weighted by atomic mass is 9.80. The summed E-state index contributed by atoms with van der Waals surface area (Å²) in [5, 5.41) is 0. The van der Waals surface area contributed by atoms with Gasteiger partial charge in [0.25, 0.3) is 5.91 Å². The molecule has 3 aliphatic rings. The van der Waals surface area contributed by atoms with Gasteiger partial charge in [-0.2, -0.15) is 0 Å². The number of likely N-dealkylation sites (tertiary alicyclic amines) is 1. The number of carbonyl (C=O) groups is 2. The molecule has 1 fully saturated rings. The highest BCUT2D eigenvalue weighted by Gasteiger charge is 2.44. The molecule has 5 rings (SSSR count). The Kier molecular flexibility index (Phi) is 4.50. The van der Waals surface area contributed by atoms with Gasteiger partial charge in [0.2, 0.25) is 6.79 Å². The normalized spacial score (nSPS) is 19.2. The summed E-state index contributed by atoms with van der Waals surface area (Å²) in [5.41, 5.74) is 1.84. The van der Waals surface area contributed by atoms with Crippen LogP contribution in [0.4, 0.5) is 0 Å². The molecule has 0 N–H and O–H groups in total. The number of piperidine rings is 1. The molecule has 1 amide bonds. The van der Waals surface area contributed by atoms with Crippen molar-refractivity contribution in [3.8, 4) is 17.2 Å². The van der Waals surface area contributed by atoms with Crippen LogP contribution >= 0.6 is 0 Å². The van der Waals surface area contributed by atoms with E-state index in [1.165, 1.54) is 0 Å². The summed E-state index contributed by atoms with van der Waals surface area (Å²) in [5.74, 6) is 2.02. The molecule has 0 aromatic heterocycles. The average Bonchev–Trinajstić information content (AvgIpc) is 3.21. The lowest BCUT2D eigenvalue weighted by Crippen LogP contribution is -2.52. The van der Waals surface area contributed by atoms with Crippen LogP contribution in [0.5, 0.6) is 17.2 Å². The number of hydrogen-bond donors (Lipinski definition) is 0. The predicted octanol–water partition coefficient (Wildman–Crippen LogP) is 4.35. The van der Waals surface area contributed by atoms with Crippen molar-refractivity contribution in [2.75, 3.05) is 19.9 Å². The van der Waals surface area contributed by atoms with Gasteiger partial charge >= 0.3 is 0 Å². The van der Waals surface area contributed by atoms with Crippen LogP contribution in [0.2, 0.25) is 0 Å². The summed E-state index contributed by atoms with van der Waals surface area (Å²) in [7, 11) is 0. The molecule has 6 heteroatoms. The average molecular weight is 421 g/mol. The second-order valence-corrected chi connectivity index (χ2v) is 9.71. The highest BCUT2D eigenvalue weighted by atomic mass is 16.7. The van der Waals surface area contributed by atoms with Crippen molar-refractivity contribution in [2.45, 2.75) is 51.0 Å². The fourth-order valence-corrected chi connectivity index (χ4v) is 4.57. The quantitative estimate of drug-likeness (QED) is 0.685. The minimum absolute atomic E-state index is 0.0229. The first-order chi connectivity index (χ1) is 14.7. The monoisotopic (exact) mass is 421 g/mol. The molecule has 0 atom stereocenters. The van der Waals surface area contributed by atoms with E-state index < -0.39 is 5.60 Å². The first-order valence-electron chi connectivity index (χ1n) is 10.8. The number of hydrogen-bond acceptors (Lipinski definition) is 5. The molecule has 0 aliphatic carbocycles. The van der Waals surface area contributed by atoms with Crippen molar-refractivity contribution >= 4 is 11.7 Å². The van der Waals surface area contributed by atoms with Crippen molar-refractivity contribution in [1.29, 1.82) is 0 Å². The molecule has 6 nitrogen and oxygen atoms in total. The maximum absolute atomic E-state index is 13.0. The summed E-state index contributed by atoms with van der Waals surface area (Å²) in [6, 6.07) is 11.2. The number of ketones is 1. The van der Waals surface area contributed by atoms with Gasteiger partial charge in [-0.15, -0.1) is 0 Å². The highest BCUT2D eigenvalue weighted by molar-refractivity contribution is 6.00. The third kappa shape index (κ3) is 3.54. The van der Waals surface area contributed by atoms with E-state index in [0.717, 1.165) is 5.56 Å². The number of ether oxygens (including phenoxy) is 3. The van der Waals surface area contributed by atoms with E-state index in [9.17, 15) is 9.59 Å². The van der Waals surface area contributed by atoms with Gasteiger partial charge in [0, 0.05) is 31.5 Å². The predicted molar refractivity (Wildman–Crippen MR) is 115 cm³/mol. The van der Waals surface area contributed by atoms with Gasteiger partial charge in [0.1, 0.15) is 11.4 Å². The highest BCUT2D eigenvalue weighted by Crippen LogP contribution is 2.41. The number of amides is 1. The van der Waals surface area contributed by atoms with Crippen LogP contribution in [0.3, 0.4) is 0 Å². The molecule has 0 saturated carbocycles. The minimum atomic E-state index is -0.529. The number of fused-ring (bicyclic) bond motifs is 2. The van der Waals surface area contributed by atoms with Crippen LogP contribution in [0.15, 0.2) is 36.4 Å². The summed E-state index contributed by atoms with van der Waals surface area (Å²) in [6.45, 7) is 7.70. The Labute approximate surface area is 182 Å². The number of rotatable bonds is 1. The fourth-order valence-electron chi connectivity index (χ4n) is 4.57. The second kappa shape index (κ2) is 7.01. The molecule has 31 heavy (non-hydrogen) atoms. The zero-order valence-electron chi connectivity index (χ0n) is 18.2. The molecule has 2 aromatic rings. The number of nitrogens with zero attached hydrogens (tertiary/aromatic N) is 1. The molecule has 2 aromatic carbocycles. The van der Waals surface area contributed by atoms with Crippen LogP contribution in [-0.2, 0) is 5.41 Å². The molecule has 0 unspecified atom stereocenters. The van der Waals surface area contributed by atoms with Gasteiger partial charge in [-0.3, -0.25) is 9.59 Å². The molecular weight excluding hydrogens is 394 g/mol. The first-order valence-corrected chi connectivity index (χ1v) is 10.8. The van der Waals surface area contributed by atoms with E-state index in [4.69, 9.17) is 14.2 Å². The van der Waals surface area contributed by atoms with Crippen LogP contribution < -0.4 is 14.2 Å². The molecule has 1 saturated heterocycles. The fraction of sp³-hybridized carbons (Fsp3) is 0.440. The zero-order chi connectivity index (χ0) is 21.8. The second-order valence-electron chi connectivity index (χ2n) is 9.71. The molecule has 0 radical (unpaired) electrons. The number of benzene rings is 2. The van der Waals surface area contributed by atoms with E-state index in [2.05, 4.69) is 20.8 Å². The smallest absolute Gasteiger partial charge is 0.253 e. The molecule has 1 spiro atoms. The van der Waals surface area contributed by atoms with Gasteiger partial charge in [0.05, 0.1) is 12.0 Å². The SMILES string of the molecule is CC(C)(C)c1ccc2c(c1)C(=O)CC1(CCN(C(=O)c3ccc4c(c3)OCO4)CC1)O2. The summed E-state index contributed by atoms with van der Waals surface area (Å²) in [6.07, 6.45) is 1.63. The maximum atomic E-state index is 13.0. The lowest BCUT2D eigenvalue weighted by molar-refractivity contribution is -0.00574. The Balaban J connectivity index is 1.30. The molecule has 0 bridgehead atoms. The third-order valence-corrected chi connectivity index (χ3v) is 6.54. The van der Waals surface area contributed by atoms with E-state index in [-0.39, 0.29) is 23.9 Å². The summed E-state index contributed by atoms with van der Waals surface area (Å²) < 4.78 is 17.1. The topological polar surface area (TPSA) is 65.1 Å². The van der Waals surface area contributed by atoms with Crippen molar-refractivity contribution < 1.29 is 23.8 Å². The number of carbonyl (C=O) groups excluding carboxylic acids is 2. The van der Waals surface area contributed by atoms with Crippen molar-refractivity contribution in [3.63, 3.8) is 0 Å². The number of Topliss-reactive ketones (excluding diaryl/α,β-unsaturated/α-hetero) is 1. The van der Waals surface area contributed by atoms with Gasteiger partial charge < -0.3 is 19.1 Å². The summed E-state index contributed by atoms with van der Waals surface area (Å²) >= 11 is 0. The van der Waals surface area contributed by atoms with Crippen LogP contribution in [0.1, 0.15) is 66.3 Å². The Morgan fingerprint density at radius 3 is 2.42 bits per heavy atom. The van der Waals surface area contributed by atoms with E-state index in [1.54, 1.807) is 18.2 Å². The molecular formula is C25H27NO5. The van der Waals surface area contributed by atoms with E-state index in [1.807, 2.05) is 23.1 Å². The van der Waals surface area contributed by atoms with Crippen LogP contribution in [0, 0.1) is 0 Å². The Morgan fingerprint density at radius 1 is 0.968 bits per heavy atom. The van der Waals surface area contributed by atoms with Gasteiger partial charge in [-0.1, -0.05) is 26.8 Å². The molecule has 3 aliphatic heterocycles. The van der Waals surface area contributed by atoms with Gasteiger partial charge in [0.15, 0.2) is 17.3 Å². The third-order valence-electron chi connectivity index (χ3n) is 6.54. The van der Waals surface area contributed by atoms with Crippen molar-refractivity contribution in [1.82, 2.24) is 4.90 Å². The first kappa shape index (κ1) is 19.9. The van der Waals surface area contributed by atoms with Crippen molar-refractivity contribution in [2.24, 2.45) is 0 Å². The molecule has 162 valence electrons. The molecule has 3 heterocycles. The summed E-state index contributed by atoms with van der Waals surface area (Å²) in [4.78, 5) is 27.8. The largest absolute Gasteiger partial charge is 0.486 e. The van der Waals surface area contributed by atoms with E-state index >= 15 is 0 Å². The minimum Gasteiger partial charge on any atom is -0.486 e. The standard InChI is InChI=1S/C25H27NO5/c1-24(2,3)17-5-7-20-18(13-17)19(27)14-25(31-20)8-10-26(11-9-25)23(28)16-4-6-21-22(12-16)30-15-29-21/h4-7,12-13H,8-11,14-15H2,1-3H3. The van der Waals surface area contributed by atoms with Crippen LogP contribution in [0.25, 0.3) is 0 Å².